The van der Waals surface area contributed by atoms with Crippen LogP contribution in [0, 0.1) is 0 Å². The van der Waals surface area contributed by atoms with Gasteiger partial charge in [-0.3, -0.25) is 4.90 Å². The number of rotatable bonds is 3. The van der Waals surface area contributed by atoms with Crippen LogP contribution >= 0.6 is 11.6 Å². The van der Waals surface area contributed by atoms with Gasteiger partial charge in [-0.05, 0) is 19.4 Å². The van der Waals surface area contributed by atoms with E-state index in [2.05, 4.69) is 9.88 Å². The van der Waals surface area contributed by atoms with Crippen LogP contribution in [0.5, 0.6) is 0 Å². The maximum Gasteiger partial charge on any atom is 0.128 e. The normalized spacial score (nSPS) is 22.5. The Balaban J connectivity index is 2.05. The van der Waals surface area contributed by atoms with Crippen molar-refractivity contribution >= 4 is 11.6 Å². The number of hydrogen-bond donors (Lipinski definition) is 1. The SMILES string of the molecule is Cn1c(Cl)cnc1CN1CCCC1CO. The maximum absolute atomic E-state index is 9.19. The van der Waals surface area contributed by atoms with E-state index in [1.165, 1.54) is 0 Å². The molecule has 0 spiro atoms. The fraction of sp³-hybridized carbons (Fsp3) is 0.700. The zero-order valence-corrected chi connectivity index (χ0v) is 9.61. The number of imidazole rings is 1. The average Bonchev–Trinajstić information content (AvgIpc) is 2.80. The molecule has 1 atom stereocenters. The number of nitrogens with zero attached hydrogens (tertiary/aromatic N) is 3. The molecule has 1 aliphatic rings. The summed E-state index contributed by atoms with van der Waals surface area (Å²) < 4.78 is 1.88. The highest BCUT2D eigenvalue weighted by molar-refractivity contribution is 6.29. The molecule has 0 bridgehead atoms. The molecule has 1 unspecified atom stereocenters. The van der Waals surface area contributed by atoms with Gasteiger partial charge in [0.1, 0.15) is 11.0 Å². The lowest BCUT2D eigenvalue weighted by molar-refractivity contribution is 0.150. The Bertz CT molecular complexity index is 339. The summed E-state index contributed by atoms with van der Waals surface area (Å²) in [6.45, 7) is 2.04. The number of halogens is 1. The average molecular weight is 230 g/mol. The van der Waals surface area contributed by atoms with Gasteiger partial charge in [0.15, 0.2) is 0 Å². The van der Waals surface area contributed by atoms with Crippen LogP contribution in [0.25, 0.3) is 0 Å². The third-order valence-corrected chi connectivity index (χ3v) is 3.43. The summed E-state index contributed by atoms with van der Waals surface area (Å²) in [6, 6.07) is 0.292. The zero-order valence-electron chi connectivity index (χ0n) is 8.86. The molecule has 84 valence electrons. The van der Waals surface area contributed by atoms with Gasteiger partial charge in [-0.2, -0.15) is 0 Å². The molecule has 2 heterocycles. The smallest absolute Gasteiger partial charge is 0.128 e. The molecule has 1 aromatic heterocycles. The van der Waals surface area contributed by atoms with Crippen molar-refractivity contribution in [1.82, 2.24) is 14.5 Å². The van der Waals surface area contributed by atoms with Crippen molar-refractivity contribution in [2.24, 2.45) is 7.05 Å². The predicted octanol–water partition coefficient (Wildman–Crippen LogP) is 1.03. The maximum atomic E-state index is 9.19. The Morgan fingerprint density at radius 3 is 3.07 bits per heavy atom. The van der Waals surface area contributed by atoms with Crippen LogP contribution in [-0.2, 0) is 13.6 Å². The van der Waals surface area contributed by atoms with Crippen LogP contribution in [0.15, 0.2) is 6.20 Å². The third kappa shape index (κ3) is 2.17. The van der Waals surface area contributed by atoms with Crippen molar-refractivity contribution < 1.29 is 5.11 Å². The van der Waals surface area contributed by atoms with Gasteiger partial charge in [0, 0.05) is 13.1 Å². The summed E-state index contributed by atoms with van der Waals surface area (Å²) in [6.07, 6.45) is 3.90. The molecule has 0 amide bonds. The second-order valence-corrected chi connectivity index (χ2v) is 4.39. The summed E-state index contributed by atoms with van der Waals surface area (Å²) in [5, 5.41) is 9.85. The first-order valence-corrected chi connectivity index (χ1v) is 5.61. The minimum atomic E-state index is 0.234. The molecule has 2 rings (SSSR count). The highest BCUT2D eigenvalue weighted by Gasteiger charge is 2.24. The quantitative estimate of drug-likeness (QED) is 0.842. The summed E-state index contributed by atoms with van der Waals surface area (Å²) in [7, 11) is 1.91. The molecule has 1 aromatic rings. The number of hydrogen-bond acceptors (Lipinski definition) is 3. The first kappa shape index (κ1) is 10.9. The number of aliphatic hydroxyl groups is 1. The Morgan fingerprint density at radius 2 is 2.47 bits per heavy atom. The van der Waals surface area contributed by atoms with Gasteiger partial charge in [-0.25, -0.2) is 4.98 Å². The van der Waals surface area contributed by atoms with Crippen molar-refractivity contribution in [1.29, 1.82) is 0 Å². The Kier molecular flexibility index (Phi) is 3.29. The van der Waals surface area contributed by atoms with Gasteiger partial charge in [-0.1, -0.05) is 11.6 Å². The molecule has 5 heteroatoms. The lowest BCUT2D eigenvalue weighted by Gasteiger charge is -2.22. The summed E-state index contributed by atoms with van der Waals surface area (Å²) in [5.74, 6) is 0.959. The molecule has 15 heavy (non-hydrogen) atoms. The highest BCUT2D eigenvalue weighted by Crippen LogP contribution is 2.20. The molecule has 1 saturated heterocycles. The van der Waals surface area contributed by atoms with Gasteiger partial charge in [0.05, 0.1) is 19.3 Å². The fourth-order valence-electron chi connectivity index (χ4n) is 2.06. The Labute approximate surface area is 94.5 Å². The van der Waals surface area contributed by atoms with E-state index in [9.17, 15) is 5.11 Å². The van der Waals surface area contributed by atoms with Gasteiger partial charge in [-0.15, -0.1) is 0 Å². The van der Waals surface area contributed by atoms with Gasteiger partial charge in [0.25, 0.3) is 0 Å². The molecule has 0 saturated carbocycles. The van der Waals surface area contributed by atoms with Crippen molar-refractivity contribution in [3.8, 4) is 0 Å². The van der Waals surface area contributed by atoms with Crippen molar-refractivity contribution in [2.45, 2.75) is 25.4 Å². The van der Waals surface area contributed by atoms with Gasteiger partial charge in [0.2, 0.25) is 0 Å². The lowest BCUT2D eigenvalue weighted by Crippen LogP contribution is -2.32. The van der Waals surface area contributed by atoms with Crippen molar-refractivity contribution in [3.63, 3.8) is 0 Å². The largest absolute Gasteiger partial charge is 0.395 e. The highest BCUT2D eigenvalue weighted by atomic mass is 35.5. The molecule has 0 aromatic carbocycles. The molecule has 1 fully saturated rings. The zero-order chi connectivity index (χ0) is 10.8. The van der Waals surface area contributed by atoms with E-state index in [0.717, 1.165) is 31.8 Å². The van der Waals surface area contributed by atoms with Crippen LogP contribution in [0.3, 0.4) is 0 Å². The van der Waals surface area contributed by atoms with E-state index in [0.29, 0.717) is 11.2 Å². The molecule has 4 nitrogen and oxygen atoms in total. The lowest BCUT2D eigenvalue weighted by atomic mass is 10.2. The van der Waals surface area contributed by atoms with Crippen molar-refractivity contribution in [2.75, 3.05) is 13.2 Å². The second-order valence-electron chi connectivity index (χ2n) is 4.01. The number of likely N-dealkylation sites (tertiary alicyclic amines) is 1. The van der Waals surface area contributed by atoms with Gasteiger partial charge >= 0.3 is 0 Å². The molecule has 0 radical (unpaired) electrons. The summed E-state index contributed by atoms with van der Waals surface area (Å²) >= 11 is 5.92. The summed E-state index contributed by atoms with van der Waals surface area (Å²) in [5.41, 5.74) is 0. The first-order valence-electron chi connectivity index (χ1n) is 5.23. The molecular formula is C10H16ClN3O. The molecule has 1 N–H and O–H groups in total. The first-order chi connectivity index (χ1) is 7.22. The second kappa shape index (κ2) is 4.51. The number of aliphatic hydroxyl groups excluding tert-OH is 1. The monoisotopic (exact) mass is 229 g/mol. The molecule has 0 aliphatic carbocycles. The standard InChI is InChI=1S/C10H16ClN3O/c1-13-9(11)5-12-10(13)6-14-4-2-3-8(14)7-15/h5,8,15H,2-4,6-7H2,1H3. The van der Waals surface area contributed by atoms with Gasteiger partial charge < -0.3 is 9.67 Å². The van der Waals surface area contributed by atoms with Crippen LogP contribution < -0.4 is 0 Å². The molecular weight excluding hydrogens is 214 g/mol. The van der Waals surface area contributed by atoms with E-state index in [1.54, 1.807) is 6.20 Å². The van der Waals surface area contributed by atoms with Crippen LogP contribution in [0.1, 0.15) is 18.7 Å². The van der Waals surface area contributed by atoms with E-state index in [1.807, 2.05) is 11.6 Å². The van der Waals surface area contributed by atoms with E-state index < -0.39 is 0 Å². The van der Waals surface area contributed by atoms with E-state index >= 15 is 0 Å². The van der Waals surface area contributed by atoms with E-state index in [4.69, 9.17) is 11.6 Å². The Morgan fingerprint density at radius 1 is 1.67 bits per heavy atom. The fourth-order valence-corrected chi connectivity index (χ4v) is 2.21. The van der Waals surface area contributed by atoms with Crippen LogP contribution in [0.4, 0.5) is 0 Å². The van der Waals surface area contributed by atoms with Crippen LogP contribution in [0.2, 0.25) is 5.15 Å². The Hall–Kier alpha value is -0.580. The predicted molar refractivity (Wildman–Crippen MR) is 58.7 cm³/mol. The van der Waals surface area contributed by atoms with E-state index in [-0.39, 0.29) is 6.61 Å². The minimum absolute atomic E-state index is 0.234. The molecule has 1 aliphatic heterocycles. The van der Waals surface area contributed by atoms with Crippen molar-refractivity contribution in [3.05, 3.63) is 17.2 Å². The minimum Gasteiger partial charge on any atom is -0.395 e. The summed E-state index contributed by atoms with van der Waals surface area (Å²) in [4.78, 5) is 6.52. The van der Waals surface area contributed by atoms with Crippen LogP contribution in [-0.4, -0.2) is 38.8 Å². The topological polar surface area (TPSA) is 41.3 Å². The third-order valence-electron chi connectivity index (χ3n) is 3.08. The number of aromatic nitrogens is 2.